The Hall–Kier alpha value is -2.58. The number of fused-ring (bicyclic) bond motifs is 1. The average Bonchev–Trinajstić information content (AvgIpc) is 3.13. The van der Waals surface area contributed by atoms with Crippen LogP contribution < -0.4 is 15.4 Å². The van der Waals surface area contributed by atoms with E-state index in [1.54, 1.807) is 9.80 Å². The summed E-state index contributed by atoms with van der Waals surface area (Å²) in [5.41, 5.74) is 2.51. The van der Waals surface area contributed by atoms with Gasteiger partial charge in [-0.05, 0) is 29.6 Å². The zero-order chi connectivity index (χ0) is 18.6. The molecule has 3 amide bonds. The van der Waals surface area contributed by atoms with Gasteiger partial charge >= 0.3 is 6.03 Å². The molecule has 1 saturated heterocycles. The maximum Gasteiger partial charge on any atom is 0.321 e. The van der Waals surface area contributed by atoms with E-state index in [0.717, 1.165) is 35.7 Å². The molecule has 1 fully saturated rings. The van der Waals surface area contributed by atoms with E-state index in [0.29, 0.717) is 32.8 Å². The molecular weight excluding hydrogens is 364 g/mol. The number of anilines is 1. The lowest BCUT2D eigenvalue weighted by atomic mass is 10.1. The summed E-state index contributed by atoms with van der Waals surface area (Å²) < 4.78 is 5.67. The number of hydrogen-bond donors (Lipinski definition) is 2. The maximum absolute atomic E-state index is 12.6. The maximum atomic E-state index is 12.6. The van der Waals surface area contributed by atoms with Crippen molar-refractivity contribution in [2.24, 2.45) is 0 Å². The molecule has 0 aliphatic carbocycles. The standard InChI is InChI=1S/C19H22N4O3S/c24-18(14-3-10-27-13-14)22-5-7-23(8-6-22)19(25)21-16-1-2-17-15(11-16)12-20-4-9-26-17/h1-3,10-11,13,20H,4-9,12H2,(H,21,25). The number of amides is 3. The molecule has 2 aromatic rings. The summed E-state index contributed by atoms with van der Waals surface area (Å²) in [6, 6.07) is 7.40. The zero-order valence-corrected chi connectivity index (χ0v) is 15.8. The molecular formula is C19H22N4O3S. The van der Waals surface area contributed by atoms with Gasteiger partial charge in [-0.1, -0.05) is 0 Å². The Labute approximate surface area is 161 Å². The molecule has 1 aromatic carbocycles. The van der Waals surface area contributed by atoms with E-state index in [1.807, 2.05) is 35.0 Å². The van der Waals surface area contributed by atoms with Crippen molar-refractivity contribution in [3.63, 3.8) is 0 Å². The first kappa shape index (κ1) is 17.8. The first-order chi connectivity index (χ1) is 13.2. The van der Waals surface area contributed by atoms with Crippen molar-refractivity contribution >= 4 is 29.0 Å². The summed E-state index contributed by atoms with van der Waals surface area (Å²) >= 11 is 1.51. The fourth-order valence-electron chi connectivity index (χ4n) is 3.28. The second kappa shape index (κ2) is 7.98. The van der Waals surface area contributed by atoms with Gasteiger partial charge in [-0.3, -0.25) is 4.79 Å². The van der Waals surface area contributed by atoms with Gasteiger partial charge in [0.25, 0.3) is 5.91 Å². The van der Waals surface area contributed by atoms with Gasteiger partial charge in [-0.25, -0.2) is 4.79 Å². The Morgan fingerprint density at radius 3 is 2.70 bits per heavy atom. The number of carbonyl (C=O) groups is 2. The summed E-state index contributed by atoms with van der Waals surface area (Å²) in [6.45, 7) is 4.32. The van der Waals surface area contributed by atoms with Gasteiger partial charge in [0.15, 0.2) is 0 Å². The number of carbonyl (C=O) groups excluding carboxylic acids is 2. The Bertz CT molecular complexity index is 816. The van der Waals surface area contributed by atoms with Gasteiger partial charge in [0.1, 0.15) is 12.4 Å². The van der Waals surface area contributed by atoms with E-state index in [2.05, 4.69) is 10.6 Å². The van der Waals surface area contributed by atoms with Crippen LogP contribution in [-0.2, 0) is 6.54 Å². The summed E-state index contributed by atoms with van der Waals surface area (Å²) in [7, 11) is 0. The van der Waals surface area contributed by atoms with Crippen LogP contribution in [0, 0.1) is 0 Å². The van der Waals surface area contributed by atoms with Crippen LogP contribution in [0.5, 0.6) is 5.75 Å². The number of thiophene rings is 1. The Morgan fingerprint density at radius 1 is 1.11 bits per heavy atom. The summed E-state index contributed by atoms with van der Waals surface area (Å²) in [4.78, 5) is 28.5. The van der Waals surface area contributed by atoms with E-state index in [4.69, 9.17) is 4.74 Å². The molecule has 8 heteroatoms. The van der Waals surface area contributed by atoms with Crippen molar-refractivity contribution < 1.29 is 14.3 Å². The van der Waals surface area contributed by atoms with E-state index in [-0.39, 0.29) is 11.9 Å². The van der Waals surface area contributed by atoms with Crippen LogP contribution in [0.25, 0.3) is 0 Å². The van der Waals surface area contributed by atoms with Crippen LogP contribution in [0.3, 0.4) is 0 Å². The molecule has 4 rings (SSSR count). The molecule has 0 unspecified atom stereocenters. The molecule has 2 N–H and O–H groups in total. The van der Waals surface area contributed by atoms with E-state index in [9.17, 15) is 9.59 Å². The minimum absolute atomic E-state index is 0.0366. The predicted molar refractivity (Wildman–Crippen MR) is 104 cm³/mol. The second-order valence-corrected chi connectivity index (χ2v) is 7.35. The third-order valence-electron chi connectivity index (χ3n) is 4.79. The van der Waals surface area contributed by atoms with Crippen LogP contribution in [0.4, 0.5) is 10.5 Å². The summed E-state index contributed by atoms with van der Waals surface area (Å²) in [6.07, 6.45) is 0. The molecule has 142 valence electrons. The smallest absolute Gasteiger partial charge is 0.321 e. The van der Waals surface area contributed by atoms with Gasteiger partial charge in [-0.2, -0.15) is 11.3 Å². The SMILES string of the molecule is O=C(Nc1ccc2c(c1)CNCCO2)N1CCN(C(=O)c2ccsc2)CC1. The van der Waals surface area contributed by atoms with Crippen molar-refractivity contribution in [1.82, 2.24) is 15.1 Å². The van der Waals surface area contributed by atoms with Crippen molar-refractivity contribution in [2.75, 3.05) is 44.6 Å². The summed E-state index contributed by atoms with van der Waals surface area (Å²) in [5.74, 6) is 0.896. The highest BCUT2D eigenvalue weighted by atomic mass is 32.1. The second-order valence-electron chi connectivity index (χ2n) is 6.57. The van der Waals surface area contributed by atoms with Crippen molar-refractivity contribution in [3.05, 3.63) is 46.2 Å². The third kappa shape index (κ3) is 4.06. The Kier molecular flexibility index (Phi) is 5.26. The lowest BCUT2D eigenvalue weighted by Gasteiger charge is -2.34. The normalized spacial score (nSPS) is 16.9. The molecule has 0 spiro atoms. The van der Waals surface area contributed by atoms with Gasteiger partial charge < -0.3 is 25.2 Å². The lowest BCUT2D eigenvalue weighted by molar-refractivity contribution is 0.0672. The van der Waals surface area contributed by atoms with Crippen LogP contribution in [0.1, 0.15) is 15.9 Å². The van der Waals surface area contributed by atoms with Gasteiger partial charge in [-0.15, -0.1) is 0 Å². The number of rotatable bonds is 2. The molecule has 2 aliphatic rings. The van der Waals surface area contributed by atoms with Crippen molar-refractivity contribution in [2.45, 2.75) is 6.54 Å². The summed E-state index contributed by atoms with van der Waals surface area (Å²) in [5, 5.41) is 10.0. The Morgan fingerprint density at radius 2 is 1.93 bits per heavy atom. The quantitative estimate of drug-likeness (QED) is 0.830. The molecule has 0 saturated carbocycles. The van der Waals surface area contributed by atoms with Crippen LogP contribution in [0.2, 0.25) is 0 Å². The first-order valence-electron chi connectivity index (χ1n) is 9.04. The van der Waals surface area contributed by atoms with E-state index in [1.165, 1.54) is 11.3 Å². The highest BCUT2D eigenvalue weighted by Gasteiger charge is 2.25. The molecule has 0 bridgehead atoms. The van der Waals surface area contributed by atoms with Crippen molar-refractivity contribution in [1.29, 1.82) is 0 Å². The van der Waals surface area contributed by atoms with Crippen LogP contribution >= 0.6 is 11.3 Å². The van der Waals surface area contributed by atoms with Gasteiger partial charge in [0.2, 0.25) is 0 Å². The molecule has 3 heterocycles. The molecule has 0 radical (unpaired) electrons. The molecule has 7 nitrogen and oxygen atoms in total. The number of ether oxygens (including phenoxy) is 1. The van der Waals surface area contributed by atoms with E-state index < -0.39 is 0 Å². The topological polar surface area (TPSA) is 73.9 Å². The number of nitrogens with zero attached hydrogens (tertiary/aromatic N) is 2. The fraction of sp³-hybridized carbons (Fsp3) is 0.368. The number of urea groups is 1. The highest BCUT2D eigenvalue weighted by Crippen LogP contribution is 2.24. The van der Waals surface area contributed by atoms with Gasteiger partial charge in [0.05, 0.1) is 5.56 Å². The minimum Gasteiger partial charge on any atom is -0.492 e. The Balaban J connectivity index is 1.33. The number of nitrogens with one attached hydrogen (secondary N) is 2. The average molecular weight is 386 g/mol. The largest absolute Gasteiger partial charge is 0.492 e. The van der Waals surface area contributed by atoms with Crippen LogP contribution in [-0.4, -0.2) is 61.1 Å². The molecule has 1 aromatic heterocycles. The number of hydrogen-bond acceptors (Lipinski definition) is 5. The van der Waals surface area contributed by atoms with Crippen LogP contribution in [0.15, 0.2) is 35.0 Å². The zero-order valence-electron chi connectivity index (χ0n) is 14.9. The molecule has 2 aliphatic heterocycles. The van der Waals surface area contributed by atoms with E-state index >= 15 is 0 Å². The highest BCUT2D eigenvalue weighted by molar-refractivity contribution is 7.08. The first-order valence-corrected chi connectivity index (χ1v) is 9.99. The lowest BCUT2D eigenvalue weighted by Crippen LogP contribution is -2.51. The third-order valence-corrected chi connectivity index (χ3v) is 5.47. The minimum atomic E-state index is -0.139. The molecule has 0 atom stereocenters. The number of piperazine rings is 1. The monoisotopic (exact) mass is 386 g/mol. The predicted octanol–water partition coefficient (Wildman–Crippen LogP) is 2.22. The van der Waals surface area contributed by atoms with Crippen molar-refractivity contribution in [3.8, 4) is 5.75 Å². The fourth-order valence-corrected chi connectivity index (χ4v) is 3.91. The van der Waals surface area contributed by atoms with Gasteiger partial charge in [0, 0.05) is 55.9 Å². The molecule has 27 heavy (non-hydrogen) atoms. The number of benzene rings is 1.